The van der Waals surface area contributed by atoms with Crippen LogP contribution < -0.4 is 5.32 Å². The number of aromatic nitrogens is 1. The molecule has 2 aromatic rings. The lowest BCUT2D eigenvalue weighted by Gasteiger charge is -2.23. The average Bonchev–Trinajstić information content (AvgIpc) is 2.76. The maximum Gasteiger partial charge on any atom is 0.253 e. The molecule has 0 spiro atoms. The molecular weight excluding hydrogens is 292 g/mol. The Hall–Kier alpha value is -1.85. The third kappa shape index (κ3) is 3.43. The predicted molar refractivity (Wildman–Crippen MR) is 79.3 cm³/mol. The van der Waals surface area contributed by atoms with Gasteiger partial charge in [-0.05, 0) is 32.9 Å². The maximum absolute atomic E-state index is 12.1. The van der Waals surface area contributed by atoms with Crippen molar-refractivity contribution in [1.82, 2.24) is 10.3 Å². The third-order valence-corrected chi connectivity index (χ3v) is 3.53. The molecule has 2 heterocycles. The highest BCUT2D eigenvalue weighted by Crippen LogP contribution is 2.26. The molecule has 6 heteroatoms. The van der Waals surface area contributed by atoms with Crippen molar-refractivity contribution in [2.45, 2.75) is 26.4 Å². The van der Waals surface area contributed by atoms with Crippen LogP contribution in [0.1, 0.15) is 34.4 Å². The fourth-order valence-corrected chi connectivity index (χ4v) is 2.37. The van der Waals surface area contributed by atoms with Gasteiger partial charge in [-0.3, -0.25) is 9.78 Å². The molecule has 0 radical (unpaired) electrons. The molecule has 0 aromatic carbocycles. The molecule has 2 aromatic heterocycles. The zero-order valence-corrected chi connectivity index (χ0v) is 12.9. The first-order valence-corrected chi connectivity index (χ1v) is 6.86. The van der Waals surface area contributed by atoms with Gasteiger partial charge in [0.05, 0.1) is 17.1 Å². The Morgan fingerprint density at radius 2 is 2.24 bits per heavy atom. The first kappa shape index (κ1) is 15.5. The lowest BCUT2D eigenvalue weighted by Crippen LogP contribution is -2.38. The molecule has 1 unspecified atom stereocenters. The number of amides is 1. The summed E-state index contributed by atoms with van der Waals surface area (Å²) < 4.78 is 5.41. The van der Waals surface area contributed by atoms with E-state index in [0.717, 1.165) is 0 Å². The SMILES string of the molecule is Cc1cc(C(C)(O)CNC(=O)c2ccncc2Cl)c(C)o1. The number of hydrogen-bond acceptors (Lipinski definition) is 4. The molecule has 0 saturated carbocycles. The zero-order valence-electron chi connectivity index (χ0n) is 12.1. The van der Waals surface area contributed by atoms with Gasteiger partial charge in [0.2, 0.25) is 0 Å². The van der Waals surface area contributed by atoms with Crippen molar-refractivity contribution < 1.29 is 14.3 Å². The molecule has 0 aliphatic rings. The molecule has 0 bridgehead atoms. The van der Waals surface area contributed by atoms with Gasteiger partial charge in [0, 0.05) is 18.0 Å². The molecule has 2 rings (SSSR count). The quantitative estimate of drug-likeness (QED) is 0.910. The standard InChI is InChI=1S/C15H17ClN2O3/c1-9-6-12(10(2)21-9)15(3,20)8-18-14(19)11-4-5-17-7-13(11)16/h4-7,20H,8H2,1-3H3,(H,18,19). The molecule has 5 nitrogen and oxygen atoms in total. The Labute approximate surface area is 128 Å². The van der Waals surface area contributed by atoms with Crippen molar-refractivity contribution in [3.63, 3.8) is 0 Å². The fourth-order valence-electron chi connectivity index (χ4n) is 2.17. The summed E-state index contributed by atoms with van der Waals surface area (Å²) in [6, 6.07) is 3.29. The second kappa shape index (κ2) is 5.87. The van der Waals surface area contributed by atoms with Crippen LogP contribution >= 0.6 is 11.6 Å². The van der Waals surface area contributed by atoms with E-state index in [1.54, 1.807) is 19.9 Å². The van der Waals surface area contributed by atoms with Crippen LogP contribution in [0.25, 0.3) is 0 Å². The number of pyridine rings is 1. The van der Waals surface area contributed by atoms with Crippen molar-refractivity contribution in [1.29, 1.82) is 0 Å². The van der Waals surface area contributed by atoms with Crippen LogP contribution in [0.15, 0.2) is 28.9 Å². The second-order valence-corrected chi connectivity index (χ2v) is 5.55. The molecule has 0 saturated heterocycles. The van der Waals surface area contributed by atoms with Crippen LogP contribution in [0.4, 0.5) is 0 Å². The van der Waals surface area contributed by atoms with Gasteiger partial charge < -0.3 is 14.8 Å². The highest BCUT2D eigenvalue weighted by molar-refractivity contribution is 6.33. The fraction of sp³-hybridized carbons (Fsp3) is 0.333. The van der Waals surface area contributed by atoms with E-state index >= 15 is 0 Å². The van der Waals surface area contributed by atoms with Crippen molar-refractivity contribution in [2.24, 2.45) is 0 Å². The Morgan fingerprint density at radius 1 is 1.52 bits per heavy atom. The summed E-state index contributed by atoms with van der Waals surface area (Å²) in [5, 5.41) is 13.5. The summed E-state index contributed by atoms with van der Waals surface area (Å²) in [6.07, 6.45) is 2.89. The number of rotatable bonds is 4. The van der Waals surface area contributed by atoms with Gasteiger partial charge in [-0.2, -0.15) is 0 Å². The van der Waals surface area contributed by atoms with E-state index < -0.39 is 5.60 Å². The Morgan fingerprint density at radius 3 is 2.81 bits per heavy atom. The topological polar surface area (TPSA) is 75.4 Å². The summed E-state index contributed by atoms with van der Waals surface area (Å²) in [7, 11) is 0. The number of carbonyl (C=O) groups excluding carboxylic acids is 1. The molecule has 2 N–H and O–H groups in total. The minimum absolute atomic E-state index is 0.0459. The number of furan rings is 1. The van der Waals surface area contributed by atoms with Gasteiger partial charge >= 0.3 is 0 Å². The van der Waals surface area contributed by atoms with Gasteiger partial charge in [-0.25, -0.2) is 0 Å². The molecule has 1 atom stereocenters. The minimum Gasteiger partial charge on any atom is -0.466 e. The van der Waals surface area contributed by atoms with Crippen molar-refractivity contribution in [3.05, 3.63) is 52.2 Å². The first-order chi connectivity index (χ1) is 9.81. The highest BCUT2D eigenvalue weighted by atomic mass is 35.5. The van der Waals surface area contributed by atoms with E-state index in [4.69, 9.17) is 16.0 Å². The largest absolute Gasteiger partial charge is 0.466 e. The maximum atomic E-state index is 12.1. The monoisotopic (exact) mass is 308 g/mol. The number of hydrogen-bond donors (Lipinski definition) is 2. The molecule has 112 valence electrons. The van der Waals surface area contributed by atoms with Crippen LogP contribution in [0.2, 0.25) is 5.02 Å². The number of carbonyl (C=O) groups is 1. The number of nitrogens with zero attached hydrogens (tertiary/aromatic N) is 1. The third-order valence-electron chi connectivity index (χ3n) is 3.23. The van der Waals surface area contributed by atoms with E-state index in [1.807, 2.05) is 6.92 Å². The van der Waals surface area contributed by atoms with Gasteiger partial charge in [0.25, 0.3) is 5.91 Å². The van der Waals surface area contributed by atoms with Crippen molar-refractivity contribution in [3.8, 4) is 0 Å². The molecule has 0 aliphatic carbocycles. The molecule has 1 amide bonds. The van der Waals surface area contributed by atoms with Crippen LogP contribution in [0.3, 0.4) is 0 Å². The molecular formula is C15H17ClN2O3. The zero-order chi connectivity index (χ0) is 15.6. The van der Waals surface area contributed by atoms with Gasteiger partial charge in [0.15, 0.2) is 0 Å². The molecule has 21 heavy (non-hydrogen) atoms. The normalized spacial score (nSPS) is 13.8. The van der Waals surface area contributed by atoms with Gasteiger partial charge in [-0.15, -0.1) is 0 Å². The Balaban J connectivity index is 2.10. The van der Waals surface area contributed by atoms with E-state index in [9.17, 15) is 9.90 Å². The first-order valence-electron chi connectivity index (χ1n) is 6.49. The number of aryl methyl sites for hydroxylation is 2. The van der Waals surface area contributed by atoms with E-state index in [0.29, 0.717) is 22.6 Å². The van der Waals surface area contributed by atoms with Crippen LogP contribution in [-0.4, -0.2) is 22.5 Å². The van der Waals surface area contributed by atoms with E-state index in [2.05, 4.69) is 10.3 Å². The van der Waals surface area contributed by atoms with Crippen LogP contribution in [0, 0.1) is 13.8 Å². The van der Waals surface area contributed by atoms with Gasteiger partial charge in [0.1, 0.15) is 17.1 Å². The Bertz CT molecular complexity index is 665. The molecule has 0 fully saturated rings. The summed E-state index contributed by atoms with van der Waals surface area (Å²) in [4.78, 5) is 15.9. The average molecular weight is 309 g/mol. The lowest BCUT2D eigenvalue weighted by atomic mass is 9.96. The van der Waals surface area contributed by atoms with Crippen molar-refractivity contribution in [2.75, 3.05) is 6.54 Å². The summed E-state index contributed by atoms with van der Waals surface area (Å²) >= 11 is 5.91. The van der Waals surface area contributed by atoms with Crippen LogP contribution in [0.5, 0.6) is 0 Å². The smallest absolute Gasteiger partial charge is 0.253 e. The number of aliphatic hydroxyl groups is 1. The summed E-state index contributed by atoms with van der Waals surface area (Å²) in [5.74, 6) is 0.987. The number of nitrogens with one attached hydrogen (secondary N) is 1. The predicted octanol–water partition coefficient (Wildman–Crippen LogP) is 2.58. The lowest BCUT2D eigenvalue weighted by molar-refractivity contribution is 0.0514. The highest BCUT2D eigenvalue weighted by Gasteiger charge is 2.28. The number of halogens is 1. The Kier molecular flexibility index (Phi) is 4.34. The van der Waals surface area contributed by atoms with E-state index in [-0.39, 0.29) is 17.5 Å². The summed E-state index contributed by atoms with van der Waals surface area (Å²) in [5.41, 5.74) is -0.250. The van der Waals surface area contributed by atoms with Crippen LogP contribution in [-0.2, 0) is 5.60 Å². The minimum atomic E-state index is -1.23. The van der Waals surface area contributed by atoms with Gasteiger partial charge in [-0.1, -0.05) is 11.6 Å². The van der Waals surface area contributed by atoms with E-state index in [1.165, 1.54) is 18.5 Å². The molecule has 0 aliphatic heterocycles. The summed E-state index contributed by atoms with van der Waals surface area (Å²) in [6.45, 7) is 5.25. The van der Waals surface area contributed by atoms with Crippen molar-refractivity contribution >= 4 is 17.5 Å². The second-order valence-electron chi connectivity index (χ2n) is 5.14.